The van der Waals surface area contributed by atoms with Crippen LogP contribution in [0.15, 0.2) is 28.4 Å². The van der Waals surface area contributed by atoms with Crippen LogP contribution in [0.2, 0.25) is 0 Å². The van der Waals surface area contributed by atoms with Crippen LogP contribution in [0.4, 0.5) is 11.4 Å². The highest BCUT2D eigenvalue weighted by Gasteiger charge is 2.32. The van der Waals surface area contributed by atoms with Gasteiger partial charge >= 0.3 is 5.97 Å². The predicted molar refractivity (Wildman–Crippen MR) is 101 cm³/mol. The van der Waals surface area contributed by atoms with E-state index in [-0.39, 0.29) is 17.3 Å². The third-order valence-corrected chi connectivity index (χ3v) is 5.21. The fourth-order valence-corrected chi connectivity index (χ4v) is 3.80. The van der Waals surface area contributed by atoms with Gasteiger partial charge in [0.15, 0.2) is 5.17 Å². The first-order valence-electron chi connectivity index (χ1n) is 8.28. The summed E-state index contributed by atoms with van der Waals surface area (Å²) >= 11 is 0.989. The number of nitrogens with zero attached hydrogens (tertiary/aromatic N) is 4. The van der Waals surface area contributed by atoms with Crippen molar-refractivity contribution >= 4 is 46.4 Å². The van der Waals surface area contributed by atoms with Crippen LogP contribution >= 0.6 is 11.8 Å². The van der Waals surface area contributed by atoms with Gasteiger partial charge in [0.1, 0.15) is 10.9 Å². The van der Waals surface area contributed by atoms with E-state index in [4.69, 9.17) is 5.11 Å². The van der Waals surface area contributed by atoms with Gasteiger partial charge in [-0.1, -0.05) is 17.8 Å². The minimum absolute atomic E-state index is 0.0126. The van der Waals surface area contributed by atoms with Crippen LogP contribution in [0.5, 0.6) is 0 Å². The number of hydrogen-bond acceptors (Lipinski definition) is 8. The van der Waals surface area contributed by atoms with Crippen LogP contribution < -0.4 is 10.2 Å². The first-order chi connectivity index (χ1) is 12.9. The summed E-state index contributed by atoms with van der Waals surface area (Å²) in [4.78, 5) is 35.3. The molecule has 2 heterocycles. The Hall–Kier alpha value is -2.95. The molecular formula is C16H17N5O5S. The van der Waals surface area contributed by atoms with Gasteiger partial charge < -0.3 is 15.3 Å². The molecule has 0 bridgehead atoms. The number of carboxylic acids is 1. The van der Waals surface area contributed by atoms with E-state index in [2.05, 4.69) is 15.5 Å². The number of amidine groups is 1. The Balaban J connectivity index is 1.72. The second-order valence-corrected chi connectivity index (χ2v) is 7.23. The third-order valence-electron chi connectivity index (χ3n) is 4.13. The number of carbonyl (C=O) groups excluding carboxylic acids is 1. The van der Waals surface area contributed by atoms with E-state index in [1.54, 1.807) is 12.1 Å². The molecular weight excluding hydrogens is 374 g/mol. The average molecular weight is 391 g/mol. The zero-order chi connectivity index (χ0) is 19.4. The SMILES string of the molecule is O=C(O)CC1SC(=NN=Cc2ccc(N3CCCC3)c([N+](=O)[O-])c2)NC1=O. The van der Waals surface area contributed by atoms with Crippen LogP contribution in [0.1, 0.15) is 24.8 Å². The molecule has 0 radical (unpaired) electrons. The summed E-state index contributed by atoms with van der Waals surface area (Å²) in [7, 11) is 0. The lowest BCUT2D eigenvalue weighted by molar-refractivity contribution is -0.384. The molecule has 2 aliphatic heterocycles. The highest BCUT2D eigenvalue weighted by Crippen LogP contribution is 2.31. The monoisotopic (exact) mass is 391 g/mol. The molecule has 27 heavy (non-hydrogen) atoms. The Morgan fingerprint density at radius 2 is 2.19 bits per heavy atom. The lowest BCUT2D eigenvalue weighted by Gasteiger charge is -2.17. The molecule has 1 amide bonds. The summed E-state index contributed by atoms with van der Waals surface area (Å²) in [6, 6.07) is 4.86. The molecule has 0 aromatic heterocycles. The summed E-state index contributed by atoms with van der Waals surface area (Å²) in [5.74, 6) is -1.50. The molecule has 2 N–H and O–H groups in total. The molecule has 1 atom stereocenters. The van der Waals surface area contributed by atoms with Gasteiger partial charge in [0.2, 0.25) is 5.91 Å². The number of thioether (sulfide) groups is 1. The molecule has 2 aliphatic rings. The van der Waals surface area contributed by atoms with E-state index in [0.29, 0.717) is 11.3 Å². The summed E-state index contributed by atoms with van der Waals surface area (Å²) in [5.41, 5.74) is 1.11. The number of nitrogens with one attached hydrogen (secondary N) is 1. The van der Waals surface area contributed by atoms with E-state index < -0.39 is 22.0 Å². The fourth-order valence-electron chi connectivity index (χ4n) is 2.89. The normalized spacial score (nSPS) is 21.2. The fraction of sp³-hybridized carbons (Fsp3) is 0.375. The van der Waals surface area contributed by atoms with Crippen molar-refractivity contribution in [3.05, 3.63) is 33.9 Å². The summed E-state index contributed by atoms with van der Waals surface area (Å²) in [5, 5.41) is 29.7. The van der Waals surface area contributed by atoms with Crippen molar-refractivity contribution in [1.29, 1.82) is 0 Å². The lowest BCUT2D eigenvalue weighted by Crippen LogP contribution is -2.26. The van der Waals surface area contributed by atoms with E-state index in [9.17, 15) is 19.7 Å². The van der Waals surface area contributed by atoms with E-state index in [1.165, 1.54) is 12.3 Å². The van der Waals surface area contributed by atoms with Gasteiger partial charge in [0, 0.05) is 24.7 Å². The van der Waals surface area contributed by atoms with Crippen LogP contribution in [0.25, 0.3) is 0 Å². The van der Waals surface area contributed by atoms with Gasteiger partial charge in [-0.2, -0.15) is 5.10 Å². The van der Waals surface area contributed by atoms with E-state index >= 15 is 0 Å². The zero-order valence-electron chi connectivity index (χ0n) is 14.2. The molecule has 2 saturated heterocycles. The summed E-state index contributed by atoms with van der Waals surface area (Å²) in [6.07, 6.45) is 3.09. The maximum absolute atomic E-state index is 11.6. The van der Waals surface area contributed by atoms with Crippen molar-refractivity contribution in [3.63, 3.8) is 0 Å². The standard InChI is InChI=1S/C16H17N5O5S/c22-14(23)8-13-15(24)18-16(27-13)19-17-9-10-3-4-11(12(7-10)21(25)26)20-5-1-2-6-20/h3-4,7,9,13H,1-2,5-6,8H2,(H,22,23)(H,18,19,24). The van der Waals surface area contributed by atoms with Gasteiger partial charge in [-0.15, -0.1) is 5.10 Å². The molecule has 11 heteroatoms. The number of nitro groups is 1. The molecule has 1 aromatic carbocycles. The van der Waals surface area contributed by atoms with Gasteiger partial charge in [-0.3, -0.25) is 19.7 Å². The zero-order valence-corrected chi connectivity index (χ0v) is 15.0. The quantitative estimate of drug-likeness (QED) is 0.427. The second kappa shape index (κ2) is 8.16. The highest BCUT2D eigenvalue weighted by molar-refractivity contribution is 8.15. The number of aliphatic carboxylic acids is 1. The molecule has 1 unspecified atom stereocenters. The van der Waals surface area contributed by atoms with Crippen molar-refractivity contribution in [2.75, 3.05) is 18.0 Å². The van der Waals surface area contributed by atoms with Crippen molar-refractivity contribution < 1.29 is 19.6 Å². The predicted octanol–water partition coefficient (Wildman–Crippen LogP) is 1.59. The van der Waals surface area contributed by atoms with E-state index in [0.717, 1.165) is 37.7 Å². The number of carbonyl (C=O) groups is 2. The van der Waals surface area contributed by atoms with Crippen molar-refractivity contribution in [2.45, 2.75) is 24.5 Å². The Morgan fingerprint density at radius 1 is 1.44 bits per heavy atom. The largest absolute Gasteiger partial charge is 0.481 e. The first-order valence-corrected chi connectivity index (χ1v) is 9.16. The topological polar surface area (TPSA) is 138 Å². The Kier molecular flexibility index (Phi) is 5.69. The number of hydrogen-bond donors (Lipinski definition) is 2. The number of benzene rings is 1. The average Bonchev–Trinajstić information content (AvgIpc) is 3.25. The molecule has 2 fully saturated rings. The Bertz CT molecular complexity index is 834. The number of carboxylic acid groups (broad SMARTS) is 1. The van der Waals surface area contributed by atoms with E-state index in [1.807, 2.05) is 4.90 Å². The van der Waals surface area contributed by atoms with Crippen LogP contribution in [0.3, 0.4) is 0 Å². The Labute approximate surface area is 158 Å². The van der Waals surface area contributed by atoms with Crippen molar-refractivity contribution in [3.8, 4) is 0 Å². The highest BCUT2D eigenvalue weighted by atomic mass is 32.2. The smallest absolute Gasteiger partial charge is 0.305 e. The van der Waals surface area contributed by atoms with Gasteiger partial charge in [-0.25, -0.2) is 0 Å². The molecule has 0 spiro atoms. The first kappa shape index (κ1) is 18.8. The summed E-state index contributed by atoms with van der Waals surface area (Å²) < 4.78 is 0. The molecule has 0 aliphatic carbocycles. The van der Waals surface area contributed by atoms with Crippen molar-refractivity contribution in [2.24, 2.45) is 10.2 Å². The maximum Gasteiger partial charge on any atom is 0.305 e. The van der Waals surface area contributed by atoms with Gasteiger partial charge in [0.25, 0.3) is 5.69 Å². The molecule has 1 aromatic rings. The molecule has 0 saturated carbocycles. The van der Waals surface area contributed by atoms with Crippen LogP contribution in [-0.2, 0) is 9.59 Å². The maximum atomic E-state index is 11.6. The summed E-state index contributed by atoms with van der Waals surface area (Å²) in [6.45, 7) is 1.60. The van der Waals surface area contributed by atoms with Crippen LogP contribution in [-0.4, -0.2) is 51.6 Å². The third kappa shape index (κ3) is 4.61. The minimum atomic E-state index is -1.07. The molecule has 142 valence electrons. The minimum Gasteiger partial charge on any atom is -0.481 e. The number of nitro benzene ring substituents is 1. The number of anilines is 1. The lowest BCUT2D eigenvalue weighted by atomic mass is 10.1. The van der Waals surface area contributed by atoms with Gasteiger partial charge in [0.05, 0.1) is 17.6 Å². The van der Waals surface area contributed by atoms with Crippen molar-refractivity contribution in [1.82, 2.24) is 5.32 Å². The number of amides is 1. The Morgan fingerprint density at radius 3 is 2.85 bits per heavy atom. The number of rotatable bonds is 6. The molecule has 10 nitrogen and oxygen atoms in total. The van der Waals surface area contributed by atoms with Crippen LogP contribution in [0, 0.1) is 10.1 Å². The second-order valence-electron chi connectivity index (χ2n) is 6.04. The molecule has 3 rings (SSSR count). The van der Waals surface area contributed by atoms with Gasteiger partial charge in [-0.05, 0) is 18.9 Å².